The fourth-order valence-corrected chi connectivity index (χ4v) is 3.02. The van der Waals surface area contributed by atoms with Gasteiger partial charge in [-0.3, -0.25) is 0 Å². The van der Waals surface area contributed by atoms with E-state index < -0.39 is 0 Å². The van der Waals surface area contributed by atoms with E-state index in [1.54, 1.807) is 12.1 Å². The number of phenolic OH excluding ortho intramolecular Hbond substituents is 1. The van der Waals surface area contributed by atoms with Crippen molar-refractivity contribution in [3.63, 3.8) is 0 Å². The molecule has 4 aromatic rings. The zero-order valence-corrected chi connectivity index (χ0v) is 13.6. The van der Waals surface area contributed by atoms with Crippen molar-refractivity contribution in [1.29, 1.82) is 0 Å². The number of nitrogens with zero attached hydrogens (tertiary/aromatic N) is 4. The standard InChI is InChI=1S/C17H19N7O/c18-5-1-2-6-24-17-14(16(19)20-9-21-17)15(23-24)13-7-10-3-4-11(25)8-12(10)22-13/h3-4,7-9,22,25H,1-2,5-6,18H2,(H2,19,20,21). The zero-order valence-electron chi connectivity index (χ0n) is 13.6. The third-order valence-corrected chi connectivity index (χ3v) is 4.24. The summed E-state index contributed by atoms with van der Waals surface area (Å²) in [6, 6.07) is 7.16. The minimum absolute atomic E-state index is 0.209. The van der Waals surface area contributed by atoms with E-state index in [1.165, 1.54) is 6.33 Å². The number of aromatic hydroxyl groups is 1. The van der Waals surface area contributed by atoms with Crippen LogP contribution in [0.5, 0.6) is 5.75 Å². The zero-order chi connectivity index (χ0) is 17.4. The monoisotopic (exact) mass is 337 g/mol. The Hall–Kier alpha value is -3.13. The van der Waals surface area contributed by atoms with Gasteiger partial charge in [0.2, 0.25) is 0 Å². The van der Waals surface area contributed by atoms with Crippen molar-refractivity contribution in [2.45, 2.75) is 19.4 Å². The van der Waals surface area contributed by atoms with E-state index >= 15 is 0 Å². The largest absolute Gasteiger partial charge is 0.508 e. The van der Waals surface area contributed by atoms with Crippen LogP contribution in [0.3, 0.4) is 0 Å². The Morgan fingerprint density at radius 3 is 2.88 bits per heavy atom. The molecule has 0 spiro atoms. The molecule has 8 heteroatoms. The lowest BCUT2D eigenvalue weighted by molar-refractivity contribution is 0.476. The van der Waals surface area contributed by atoms with Crippen LogP contribution >= 0.6 is 0 Å². The minimum Gasteiger partial charge on any atom is -0.508 e. The van der Waals surface area contributed by atoms with Crippen LogP contribution in [0.25, 0.3) is 33.3 Å². The second-order valence-electron chi connectivity index (χ2n) is 5.98. The number of benzene rings is 1. The molecule has 3 aromatic heterocycles. The molecule has 0 bridgehead atoms. The van der Waals surface area contributed by atoms with Gasteiger partial charge in [-0.2, -0.15) is 5.10 Å². The van der Waals surface area contributed by atoms with E-state index in [0.29, 0.717) is 30.2 Å². The van der Waals surface area contributed by atoms with Crippen LogP contribution in [0.1, 0.15) is 12.8 Å². The van der Waals surface area contributed by atoms with Crippen LogP contribution in [0.2, 0.25) is 0 Å². The summed E-state index contributed by atoms with van der Waals surface area (Å²) < 4.78 is 1.85. The molecule has 1 aromatic carbocycles. The first-order valence-electron chi connectivity index (χ1n) is 8.16. The van der Waals surface area contributed by atoms with Crippen molar-refractivity contribution >= 4 is 27.8 Å². The van der Waals surface area contributed by atoms with Gasteiger partial charge < -0.3 is 21.6 Å². The van der Waals surface area contributed by atoms with E-state index in [9.17, 15) is 5.11 Å². The maximum Gasteiger partial charge on any atom is 0.164 e. The highest BCUT2D eigenvalue weighted by Crippen LogP contribution is 2.32. The van der Waals surface area contributed by atoms with Gasteiger partial charge in [-0.15, -0.1) is 0 Å². The van der Waals surface area contributed by atoms with E-state index in [2.05, 4.69) is 15.0 Å². The van der Waals surface area contributed by atoms with Gasteiger partial charge in [-0.25, -0.2) is 14.6 Å². The molecule has 0 aliphatic rings. The van der Waals surface area contributed by atoms with Crippen LogP contribution in [-0.2, 0) is 6.54 Å². The number of hydrogen-bond acceptors (Lipinski definition) is 6. The molecule has 0 amide bonds. The maximum absolute atomic E-state index is 9.66. The molecule has 0 saturated carbocycles. The van der Waals surface area contributed by atoms with Gasteiger partial charge in [-0.1, -0.05) is 0 Å². The first-order chi connectivity index (χ1) is 12.2. The number of nitrogens with two attached hydrogens (primary N) is 2. The molecular formula is C17H19N7O. The molecule has 8 nitrogen and oxygen atoms in total. The van der Waals surface area contributed by atoms with Crippen molar-refractivity contribution < 1.29 is 5.11 Å². The molecule has 25 heavy (non-hydrogen) atoms. The maximum atomic E-state index is 9.66. The second kappa shape index (κ2) is 6.06. The number of hydrogen-bond donors (Lipinski definition) is 4. The van der Waals surface area contributed by atoms with Crippen LogP contribution in [0, 0.1) is 0 Å². The Bertz CT molecular complexity index is 1050. The van der Waals surface area contributed by atoms with Crippen molar-refractivity contribution in [3.05, 3.63) is 30.6 Å². The first-order valence-corrected chi connectivity index (χ1v) is 8.16. The quantitative estimate of drug-likeness (QED) is 0.412. The Morgan fingerprint density at radius 2 is 2.04 bits per heavy atom. The summed E-state index contributed by atoms with van der Waals surface area (Å²) in [5.74, 6) is 0.604. The van der Waals surface area contributed by atoms with E-state index in [4.69, 9.17) is 16.6 Å². The number of nitrogens with one attached hydrogen (secondary N) is 1. The van der Waals surface area contributed by atoms with Gasteiger partial charge in [0, 0.05) is 23.5 Å². The summed E-state index contributed by atoms with van der Waals surface area (Å²) in [7, 11) is 0. The molecule has 0 radical (unpaired) electrons. The Labute approximate surface area is 143 Å². The van der Waals surface area contributed by atoms with E-state index in [-0.39, 0.29) is 5.75 Å². The number of aryl methyl sites for hydroxylation is 1. The molecule has 3 heterocycles. The minimum atomic E-state index is 0.209. The number of anilines is 1. The highest BCUT2D eigenvalue weighted by atomic mass is 16.3. The smallest absolute Gasteiger partial charge is 0.164 e. The number of phenols is 1. The number of rotatable bonds is 5. The third kappa shape index (κ3) is 2.66. The topological polar surface area (TPSA) is 132 Å². The number of unbranched alkanes of at least 4 members (excludes halogenated alkanes) is 1. The molecule has 0 atom stereocenters. The predicted molar refractivity (Wildman–Crippen MR) is 97.0 cm³/mol. The molecule has 0 aliphatic carbocycles. The fraction of sp³-hybridized carbons (Fsp3) is 0.235. The van der Waals surface area contributed by atoms with Gasteiger partial charge in [-0.05, 0) is 37.6 Å². The van der Waals surface area contributed by atoms with Gasteiger partial charge in [0.05, 0.1) is 11.1 Å². The summed E-state index contributed by atoms with van der Waals surface area (Å²) in [5.41, 5.74) is 14.7. The van der Waals surface area contributed by atoms with Crippen LogP contribution in [-0.4, -0.2) is 36.4 Å². The Balaban J connectivity index is 1.87. The fourth-order valence-electron chi connectivity index (χ4n) is 3.02. The molecule has 0 saturated heterocycles. The van der Waals surface area contributed by atoms with Crippen molar-refractivity contribution in [1.82, 2.24) is 24.7 Å². The molecule has 0 fully saturated rings. The van der Waals surface area contributed by atoms with Gasteiger partial charge >= 0.3 is 0 Å². The highest BCUT2D eigenvalue weighted by molar-refractivity contribution is 5.99. The molecule has 128 valence electrons. The average Bonchev–Trinajstić information content (AvgIpc) is 3.17. The second-order valence-corrected chi connectivity index (χ2v) is 5.98. The van der Waals surface area contributed by atoms with Crippen molar-refractivity contribution in [2.75, 3.05) is 12.3 Å². The summed E-state index contributed by atoms with van der Waals surface area (Å²) in [5, 5.41) is 16.1. The van der Waals surface area contributed by atoms with Crippen molar-refractivity contribution in [3.8, 4) is 17.1 Å². The SMILES string of the molecule is NCCCCn1nc(-c2cc3ccc(O)cc3[nH]2)c2c(N)ncnc21. The molecule has 0 aliphatic heterocycles. The molecule has 4 rings (SSSR count). The summed E-state index contributed by atoms with van der Waals surface area (Å²) in [4.78, 5) is 11.8. The van der Waals surface area contributed by atoms with Gasteiger partial charge in [0.1, 0.15) is 23.6 Å². The average molecular weight is 337 g/mol. The van der Waals surface area contributed by atoms with Gasteiger partial charge in [0.15, 0.2) is 5.65 Å². The number of nitrogen functional groups attached to an aromatic ring is 1. The first kappa shape index (κ1) is 15.4. The summed E-state index contributed by atoms with van der Waals surface area (Å²) in [6.07, 6.45) is 3.28. The Morgan fingerprint density at radius 1 is 1.16 bits per heavy atom. The lowest BCUT2D eigenvalue weighted by atomic mass is 10.2. The van der Waals surface area contributed by atoms with Crippen LogP contribution < -0.4 is 11.5 Å². The Kier molecular flexibility index (Phi) is 3.73. The molecule has 0 unspecified atom stereocenters. The van der Waals surface area contributed by atoms with E-state index in [1.807, 2.05) is 16.8 Å². The van der Waals surface area contributed by atoms with E-state index in [0.717, 1.165) is 34.8 Å². The normalized spacial score (nSPS) is 11.6. The van der Waals surface area contributed by atoms with Crippen LogP contribution in [0.15, 0.2) is 30.6 Å². The van der Waals surface area contributed by atoms with Crippen LogP contribution in [0.4, 0.5) is 5.82 Å². The van der Waals surface area contributed by atoms with Gasteiger partial charge in [0.25, 0.3) is 0 Å². The summed E-state index contributed by atoms with van der Waals surface area (Å²) in [6.45, 7) is 1.36. The molecular weight excluding hydrogens is 318 g/mol. The number of fused-ring (bicyclic) bond motifs is 2. The predicted octanol–water partition coefficient (Wildman–Crippen LogP) is 2.00. The summed E-state index contributed by atoms with van der Waals surface area (Å²) >= 11 is 0. The number of H-pyrrole nitrogens is 1. The third-order valence-electron chi connectivity index (χ3n) is 4.24. The highest BCUT2D eigenvalue weighted by Gasteiger charge is 2.18. The number of aromatic amines is 1. The lowest BCUT2D eigenvalue weighted by Crippen LogP contribution is -2.05. The lowest BCUT2D eigenvalue weighted by Gasteiger charge is -2.01. The molecule has 6 N–H and O–H groups in total. The number of aromatic nitrogens is 5. The van der Waals surface area contributed by atoms with Crippen molar-refractivity contribution in [2.24, 2.45) is 5.73 Å².